The number of hydrogen-bond acceptors (Lipinski definition) is 6. The number of carbonyl (C=O) groups is 1. The van der Waals surface area contributed by atoms with Crippen molar-refractivity contribution in [3.8, 4) is 0 Å². The summed E-state index contributed by atoms with van der Waals surface area (Å²) < 4.78 is 7.10. The maximum atomic E-state index is 11.9. The lowest BCUT2D eigenvalue weighted by Crippen LogP contribution is -2.06. The average molecular weight is 384 g/mol. The topological polar surface area (TPSA) is 89.3 Å². The zero-order valence-electron chi connectivity index (χ0n) is 16.8. The number of fused-ring (bicyclic) bond motifs is 3. The number of unbranched alkanes of at least 4 members (excludes halogenated alkanes) is 2. The van der Waals surface area contributed by atoms with E-state index in [0.717, 1.165) is 66.4 Å². The highest BCUT2D eigenvalue weighted by atomic mass is 16.5. The van der Waals surface area contributed by atoms with Crippen LogP contribution in [0.3, 0.4) is 0 Å². The van der Waals surface area contributed by atoms with E-state index in [4.69, 9.17) is 14.7 Å². The van der Waals surface area contributed by atoms with Crippen molar-refractivity contribution in [2.45, 2.75) is 45.6 Å². The molecule has 0 saturated heterocycles. The maximum absolute atomic E-state index is 11.9. The molecule has 2 heterocycles. The van der Waals surface area contributed by atoms with E-state index in [2.05, 4.69) is 16.8 Å². The molecular formula is C21H28N4O3. The van der Waals surface area contributed by atoms with Gasteiger partial charge in [-0.3, -0.25) is 0 Å². The van der Waals surface area contributed by atoms with Crippen LogP contribution >= 0.6 is 0 Å². The molecule has 7 heteroatoms. The summed E-state index contributed by atoms with van der Waals surface area (Å²) in [4.78, 5) is 21.5. The molecule has 0 aliphatic heterocycles. The Hall–Kier alpha value is -2.67. The zero-order chi connectivity index (χ0) is 20.1. The molecule has 0 spiro atoms. The molecule has 150 valence electrons. The fourth-order valence-corrected chi connectivity index (χ4v) is 3.50. The van der Waals surface area contributed by atoms with Crippen LogP contribution in [0, 0.1) is 0 Å². The first-order chi connectivity index (χ1) is 13.6. The molecule has 3 rings (SSSR count). The predicted octanol–water partition coefficient (Wildman–Crippen LogP) is 3.53. The number of esters is 1. The summed E-state index contributed by atoms with van der Waals surface area (Å²) in [5, 5.41) is 13.3. The van der Waals surface area contributed by atoms with Crippen LogP contribution in [0.4, 0.5) is 5.82 Å². The summed E-state index contributed by atoms with van der Waals surface area (Å²) in [5.74, 6) is 1.36. The van der Waals surface area contributed by atoms with Gasteiger partial charge in [0, 0.05) is 32.0 Å². The molecule has 0 radical (unpaired) electrons. The van der Waals surface area contributed by atoms with Crippen molar-refractivity contribution >= 4 is 33.7 Å². The summed E-state index contributed by atoms with van der Waals surface area (Å²) in [6, 6.07) is 5.45. The number of ether oxygens (including phenoxy) is 1. The van der Waals surface area contributed by atoms with Crippen molar-refractivity contribution in [1.82, 2.24) is 14.5 Å². The van der Waals surface area contributed by atoms with Crippen LogP contribution in [0.2, 0.25) is 0 Å². The van der Waals surface area contributed by atoms with Gasteiger partial charge < -0.3 is 19.7 Å². The lowest BCUT2D eigenvalue weighted by Gasteiger charge is -2.11. The fraction of sp³-hybridized carbons (Fsp3) is 0.476. The van der Waals surface area contributed by atoms with Crippen molar-refractivity contribution in [3.05, 3.63) is 29.6 Å². The van der Waals surface area contributed by atoms with Gasteiger partial charge in [-0.2, -0.15) is 0 Å². The Morgan fingerprint density at radius 3 is 2.75 bits per heavy atom. The van der Waals surface area contributed by atoms with Gasteiger partial charge in [0.2, 0.25) is 0 Å². The number of nitrogens with zero attached hydrogens (tertiary/aromatic N) is 3. The molecule has 0 saturated carbocycles. The van der Waals surface area contributed by atoms with E-state index in [1.807, 2.05) is 13.1 Å². The third kappa shape index (κ3) is 3.80. The second-order valence-electron chi connectivity index (χ2n) is 6.85. The fourth-order valence-electron chi connectivity index (χ4n) is 3.50. The molecule has 0 amide bonds. The molecule has 0 fully saturated rings. The van der Waals surface area contributed by atoms with Gasteiger partial charge in [-0.15, -0.1) is 0 Å². The summed E-state index contributed by atoms with van der Waals surface area (Å²) in [5.41, 5.74) is 3.07. The first-order valence-corrected chi connectivity index (χ1v) is 9.84. The molecule has 1 aromatic carbocycles. The lowest BCUT2D eigenvalue weighted by molar-refractivity contribution is 0.0601. The summed E-state index contributed by atoms with van der Waals surface area (Å²) >= 11 is 0. The first-order valence-electron chi connectivity index (χ1n) is 9.84. The van der Waals surface area contributed by atoms with Gasteiger partial charge >= 0.3 is 5.97 Å². The van der Waals surface area contributed by atoms with Crippen LogP contribution in [0.1, 0.15) is 48.8 Å². The number of aliphatic hydroxyl groups excluding tert-OH is 1. The number of methoxy groups -OCH3 is 1. The second kappa shape index (κ2) is 9.01. The number of nitrogens with one attached hydrogen (secondary N) is 1. The van der Waals surface area contributed by atoms with E-state index in [-0.39, 0.29) is 12.6 Å². The molecule has 0 unspecified atom stereocenters. The van der Waals surface area contributed by atoms with E-state index in [1.165, 1.54) is 7.11 Å². The number of rotatable bonds is 9. The average Bonchev–Trinajstić information content (AvgIpc) is 3.09. The van der Waals surface area contributed by atoms with Crippen LogP contribution < -0.4 is 5.32 Å². The minimum atomic E-state index is -0.380. The van der Waals surface area contributed by atoms with Gasteiger partial charge in [-0.25, -0.2) is 14.8 Å². The number of benzene rings is 1. The van der Waals surface area contributed by atoms with E-state index in [1.54, 1.807) is 12.1 Å². The van der Waals surface area contributed by atoms with E-state index >= 15 is 0 Å². The highest BCUT2D eigenvalue weighted by Crippen LogP contribution is 2.31. The van der Waals surface area contributed by atoms with E-state index in [0.29, 0.717) is 11.4 Å². The van der Waals surface area contributed by atoms with Crippen LogP contribution in [0.15, 0.2) is 18.2 Å². The van der Waals surface area contributed by atoms with Gasteiger partial charge in [0.15, 0.2) is 5.82 Å². The van der Waals surface area contributed by atoms with Gasteiger partial charge in [-0.05, 0) is 37.5 Å². The molecular weight excluding hydrogens is 356 g/mol. The number of hydrogen-bond donors (Lipinski definition) is 2. The van der Waals surface area contributed by atoms with Crippen molar-refractivity contribution < 1.29 is 14.6 Å². The predicted molar refractivity (Wildman–Crippen MR) is 111 cm³/mol. The monoisotopic (exact) mass is 384 g/mol. The highest BCUT2D eigenvalue weighted by Gasteiger charge is 2.19. The molecule has 2 aromatic heterocycles. The number of pyridine rings is 1. The minimum Gasteiger partial charge on any atom is -0.465 e. The van der Waals surface area contributed by atoms with Gasteiger partial charge in [0.1, 0.15) is 11.3 Å². The molecule has 0 atom stereocenters. The standard InChI is InChI=1S/C21H28N4O3/c1-4-5-8-17-24-18-19(25(17)11-6-7-12-26)15-10-9-14(21(27)28-3)13-16(15)23-20(18)22-2/h9-10,13,26H,4-8,11-12H2,1-3H3,(H,22,23). The molecule has 0 bridgehead atoms. The largest absolute Gasteiger partial charge is 0.465 e. The number of aliphatic hydroxyl groups is 1. The summed E-state index contributed by atoms with van der Waals surface area (Å²) in [7, 11) is 3.20. The second-order valence-corrected chi connectivity index (χ2v) is 6.85. The highest BCUT2D eigenvalue weighted by molar-refractivity contribution is 6.08. The number of anilines is 1. The summed E-state index contributed by atoms with van der Waals surface area (Å²) in [6.45, 7) is 3.14. The molecule has 2 N–H and O–H groups in total. The number of aryl methyl sites for hydroxylation is 2. The lowest BCUT2D eigenvalue weighted by atomic mass is 10.1. The van der Waals surface area contributed by atoms with Gasteiger partial charge in [0.05, 0.1) is 23.7 Å². The quantitative estimate of drug-likeness (QED) is 0.433. The van der Waals surface area contributed by atoms with Crippen molar-refractivity contribution in [3.63, 3.8) is 0 Å². The molecule has 0 aliphatic carbocycles. The first kappa shape index (κ1) is 20.1. The Morgan fingerprint density at radius 1 is 1.25 bits per heavy atom. The third-order valence-electron chi connectivity index (χ3n) is 4.96. The minimum absolute atomic E-state index is 0.184. The van der Waals surface area contributed by atoms with Crippen molar-refractivity contribution in [2.75, 3.05) is 26.1 Å². The Bertz CT molecular complexity index is 981. The molecule has 28 heavy (non-hydrogen) atoms. The normalized spacial score (nSPS) is 11.3. The maximum Gasteiger partial charge on any atom is 0.337 e. The summed E-state index contributed by atoms with van der Waals surface area (Å²) in [6.07, 6.45) is 4.69. The number of carbonyl (C=O) groups excluding carboxylic acids is 1. The Morgan fingerprint density at radius 2 is 2.07 bits per heavy atom. The van der Waals surface area contributed by atoms with Crippen LogP contribution in [-0.4, -0.2) is 46.4 Å². The zero-order valence-corrected chi connectivity index (χ0v) is 16.8. The molecule has 7 nitrogen and oxygen atoms in total. The molecule has 0 aliphatic rings. The van der Waals surface area contributed by atoms with Crippen LogP contribution in [0.5, 0.6) is 0 Å². The van der Waals surface area contributed by atoms with Crippen molar-refractivity contribution in [2.24, 2.45) is 0 Å². The van der Waals surface area contributed by atoms with Crippen molar-refractivity contribution in [1.29, 1.82) is 0 Å². The Labute approximate surface area is 164 Å². The van der Waals surface area contributed by atoms with Gasteiger partial charge in [0.25, 0.3) is 0 Å². The smallest absolute Gasteiger partial charge is 0.337 e. The van der Waals surface area contributed by atoms with E-state index in [9.17, 15) is 9.90 Å². The van der Waals surface area contributed by atoms with Gasteiger partial charge in [-0.1, -0.05) is 13.3 Å². The van der Waals surface area contributed by atoms with Crippen LogP contribution in [-0.2, 0) is 17.7 Å². The van der Waals surface area contributed by atoms with Crippen LogP contribution in [0.25, 0.3) is 21.9 Å². The number of imidazole rings is 1. The Balaban J connectivity index is 2.24. The van der Waals surface area contributed by atoms with E-state index < -0.39 is 0 Å². The molecule has 3 aromatic rings. The third-order valence-corrected chi connectivity index (χ3v) is 4.96. The SMILES string of the molecule is CCCCc1nc2c(NC)nc3cc(C(=O)OC)ccc3c2n1CCCCO. The number of aromatic nitrogens is 3. The Kier molecular flexibility index (Phi) is 6.46.